The minimum atomic E-state index is -0.877. The van der Waals surface area contributed by atoms with Crippen molar-refractivity contribution in [1.82, 2.24) is 0 Å². The van der Waals surface area contributed by atoms with Crippen molar-refractivity contribution in [1.29, 1.82) is 0 Å². The minimum absolute atomic E-state index is 0.0315. The summed E-state index contributed by atoms with van der Waals surface area (Å²) in [5.74, 6) is 6.43. The second kappa shape index (κ2) is 8.70. The SMILES string of the molecule is CC#CC(CC(=O)O)c1ccc(OC[C@@H]2COc3ccc(Cl)cc3O2)cc1. The predicted molar refractivity (Wildman–Crippen MR) is 102 cm³/mol. The molecule has 5 nitrogen and oxygen atoms in total. The lowest BCUT2D eigenvalue weighted by molar-refractivity contribution is -0.137. The van der Waals surface area contributed by atoms with Crippen LogP contribution in [0.15, 0.2) is 42.5 Å². The van der Waals surface area contributed by atoms with E-state index < -0.39 is 5.97 Å². The van der Waals surface area contributed by atoms with Gasteiger partial charge in [-0.15, -0.1) is 5.92 Å². The summed E-state index contributed by atoms with van der Waals surface area (Å²) in [7, 11) is 0. The summed E-state index contributed by atoms with van der Waals surface area (Å²) in [5.41, 5.74) is 0.847. The van der Waals surface area contributed by atoms with E-state index in [0.29, 0.717) is 35.5 Å². The molecule has 2 atom stereocenters. The maximum Gasteiger partial charge on any atom is 0.304 e. The number of hydrogen-bond acceptors (Lipinski definition) is 4. The third-order valence-corrected chi connectivity index (χ3v) is 4.27. The van der Waals surface area contributed by atoms with Crippen molar-refractivity contribution in [3.05, 3.63) is 53.1 Å². The summed E-state index contributed by atoms with van der Waals surface area (Å²) < 4.78 is 17.3. The number of ether oxygens (including phenoxy) is 3. The molecular formula is C21H19ClO5. The number of rotatable bonds is 6. The first-order chi connectivity index (χ1) is 13.0. The van der Waals surface area contributed by atoms with E-state index in [0.717, 1.165) is 5.56 Å². The summed E-state index contributed by atoms with van der Waals surface area (Å²) in [5, 5.41) is 9.60. The second-order valence-corrected chi connectivity index (χ2v) is 6.50. The minimum Gasteiger partial charge on any atom is -0.490 e. The van der Waals surface area contributed by atoms with Crippen molar-refractivity contribution < 1.29 is 24.1 Å². The number of hydrogen-bond donors (Lipinski definition) is 1. The third kappa shape index (κ3) is 5.08. The van der Waals surface area contributed by atoms with E-state index in [-0.39, 0.29) is 18.4 Å². The number of carbonyl (C=O) groups is 1. The molecule has 0 radical (unpaired) electrons. The fourth-order valence-corrected chi connectivity index (χ4v) is 2.92. The van der Waals surface area contributed by atoms with Gasteiger partial charge in [0.15, 0.2) is 17.6 Å². The van der Waals surface area contributed by atoms with Crippen LogP contribution in [-0.4, -0.2) is 30.4 Å². The first-order valence-corrected chi connectivity index (χ1v) is 8.89. The molecule has 1 aliphatic rings. The Balaban J connectivity index is 1.59. The Hall–Kier alpha value is -2.84. The molecule has 0 fully saturated rings. The van der Waals surface area contributed by atoms with Crippen LogP contribution < -0.4 is 14.2 Å². The van der Waals surface area contributed by atoms with E-state index in [9.17, 15) is 4.79 Å². The standard InChI is InChI=1S/C21H19ClO5/c1-2-3-15(10-21(23)24)14-4-7-17(8-5-14)25-12-18-13-26-19-9-6-16(22)11-20(19)27-18/h4-9,11,15,18H,10,12-13H2,1H3,(H,23,24)/t15?,18-/m1/s1. The predicted octanol–water partition coefficient (Wildman–Crippen LogP) is 4.14. The highest BCUT2D eigenvalue weighted by molar-refractivity contribution is 6.30. The zero-order valence-corrected chi connectivity index (χ0v) is 15.5. The number of halogens is 1. The maximum atomic E-state index is 11.0. The number of benzene rings is 2. The molecule has 0 bridgehead atoms. The van der Waals surface area contributed by atoms with E-state index in [4.69, 9.17) is 30.9 Å². The lowest BCUT2D eigenvalue weighted by Gasteiger charge is -2.26. The molecule has 27 heavy (non-hydrogen) atoms. The van der Waals surface area contributed by atoms with Crippen LogP contribution >= 0.6 is 11.6 Å². The van der Waals surface area contributed by atoms with Crippen LogP contribution in [0.25, 0.3) is 0 Å². The fourth-order valence-electron chi connectivity index (χ4n) is 2.76. The number of aliphatic carboxylic acids is 1. The topological polar surface area (TPSA) is 65.0 Å². The van der Waals surface area contributed by atoms with Gasteiger partial charge in [-0.1, -0.05) is 29.7 Å². The lowest BCUT2D eigenvalue weighted by Crippen LogP contribution is -2.34. The van der Waals surface area contributed by atoms with Crippen molar-refractivity contribution in [2.24, 2.45) is 0 Å². The summed E-state index contributed by atoms with van der Waals surface area (Å²) in [6, 6.07) is 12.5. The molecule has 140 valence electrons. The molecule has 1 unspecified atom stereocenters. The highest BCUT2D eigenvalue weighted by atomic mass is 35.5. The molecule has 0 amide bonds. The van der Waals surface area contributed by atoms with E-state index in [2.05, 4.69) is 11.8 Å². The maximum absolute atomic E-state index is 11.0. The van der Waals surface area contributed by atoms with Gasteiger partial charge in [0.25, 0.3) is 0 Å². The first kappa shape index (κ1) is 18.9. The molecular weight excluding hydrogens is 368 g/mol. The molecule has 3 rings (SSSR count). The first-order valence-electron chi connectivity index (χ1n) is 8.51. The zero-order chi connectivity index (χ0) is 19.2. The molecule has 0 saturated heterocycles. The summed E-state index contributed by atoms with van der Waals surface area (Å²) >= 11 is 5.98. The van der Waals surface area contributed by atoms with Crippen LogP contribution in [0.2, 0.25) is 5.02 Å². The van der Waals surface area contributed by atoms with Crippen molar-refractivity contribution in [3.8, 4) is 29.1 Å². The molecule has 0 aliphatic carbocycles. The molecule has 1 aliphatic heterocycles. The molecule has 2 aromatic rings. The van der Waals surface area contributed by atoms with Gasteiger partial charge in [-0.25, -0.2) is 0 Å². The Kier molecular flexibility index (Phi) is 6.10. The Morgan fingerprint density at radius 3 is 2.78 bits per heavy atom. The largest absolute Gasteiger partial charge is 0.490 e. The average Bonchev–Trinajstić information content (AvgIpc) is 2.66. The highest BCUT2D eigenvalue weighted by Gasteiger charge is 2.22. The van der Waals surface area contributed by atoms with Gasteiger partial charge in [0, 0.05) is 11.1 Å². The Bertz CT molecular complexity index is 866. The van der Waals surface area contributed by atoms with E-state index in [1.807, 2.05) is 12.1 Å². The van der Waals surface area contributed by atoms with E-state index in [1.165, 1.54) is 0 Å². The number of carboxylic acid groups (broad SMARTS) is 1. The van der Waals surface area contributed by atoms with Gasteiger partial charge in [0.2, 0.25) is 0 Å². The van der Waals surface area contributed by atoms with Crippen LogP contribution in [-0.2, 0) is 4.79 Å². The molecule has 0 saturated carbocycles. The quantitative estimate of drug-likeness (QED) is 0.756. The number of carboxylic acids is 1. The van der Waals surface area contributed by atoms with Crippen LogP contribution in [0.3, 0.4) is 0 Å². The van der Waals surface area contributed by atoms with E-state index >= 15 is 0 Å². The summed E-state index contributed by atoms with van der Waals surface area (Å²) in [6.07, 6.45) is -0.280. The van der Waals surface area contributed by atoms with Crippen LogP contribution in [0, 0.1) is 11.8 Å². The van der Waals surface area contributed by atoms with Gasteiger partial charge in [-0.05, 0) is 36.8 Å². The number of fused-ring (bicyclic) bond motifs is 1. The third-order valence-electron chi connectivity index (χ3n) is 4.04. The Morgan fingerprint density at radius 1 is 1.30 bits per heavy atom. The van der Waals surface area contributed by atoms with Gasteiger partial charge in [0.1, 0.15) is 19.0 Å². The van der Waals surface area contributed by atoms with E-state index in [1.54, 1.807) is 37.3 Å². The van der Waals surface area contributed by atoms with Crippen molar-refractivity contribution in [3.63, 3.8) is 0 Å². The Morgan fingerprint density at radius 2 is 2.07 bits per heavy atom. The molecule has 1 heterocycles. The summed E-state index contributed by atoms with van der Waals surface area (Å²) in [4.78, 5) is 11.0. The average molecular weight is 387 g/mol. The van der Waals surface area contributed by atoms with Gasteiger partial charge >= 0.3 is 5.97 Å². The van der Waals surface area contributed by atoms with Crippen molar-refractivity contribution in [2.45, 2.75) is 25.4 Å². The summed E-state index contributed by atoms with van der Waals surface area (Å²) in [6.45, 7) is 2.40. The van der Waals surface area contributed by atoms with Crippen molar-refractivity contribution in [2.75, 3.05) is 13.2 Å². The smallest absolute Gasteiger partial charge is 0.304 e. The van der Waals surface area contributed by atoms with Crippen LogP contribution in [0.5, 0.6) is 17.2 Å². The Labute approximate surface area is 162 Å². The van der Waals surface area contributed by atoms with Gasteiger partial charge in [-0.2, -0.15) is 0 Å². The van der Waals surface area contributed by atoms with Crippen LogP contribution in [0.1, 0.15) is 24.8 Å². The molecule has 0 spiro atoms. The van der Waals surface area contributed by atoms with Gasteiger partial charge < -0.3 is 19.3 Å². The molecule has 2 aromatic carbocycles. The normalized spacial score (nSPS) is 16.0. The highest BCUT2D eigenvalue weighted by Crippen LogP contribution is 2.34. The lowest BCUT2D eigenvalue weighted by atomic mass is 9.96. The molecule has 6 heteroatoms. The zero-order valence-electron chi connectivity index (χ0n) is 14.8. The van der Waals surface area contributed by atoms with Crippen LogP contribution in [0.4, 0.5) is 0 Å². The monoisotopic (exact) mass is 386 g/mol. The molecule has 0 aromatic heterocycles. The fraction of sp³-hybridized carbons (Fsp3) is 0.286. The second-order valence-electron chi connectivity index (χ2n) is 6.07. The van der Waals surface area contributed by atoms with Crippen molar-refractivity contribution >= 4 is 17.6 Å². The van der Waals surface area contributed by atoms with Gasteiger partial charge in [-0.3, -0.25) is 4.79 Å². The van der Waals surface area contributed by atoms with Gasteiger partial charge in [0.05, 0.1) is 12.3 Å². The molecule has 1 N–H and O–H groups in total.